The smallest absolute Gasteiger partial charge is 0.322 e. The van der Waals surface area contributed by atoms with Crippen LogP contribution in [0, 0.1) is 5.82 Å². The van der Waals surface area contributed by atoms with Gasteiger partial charge in [0.1, 0.15) is 30.3 Å². The number of nitrogen functional groups attached to an aromatic ring is 1. The van der Waals surface area contributed by atoms with Crippen LogP contribution in [0.25, 0.3) is 11.3 Å². The largest absolute Gasteiger partial charge is 0.492 e. The number of amides is 2. The van der Waals surface area contributed by atoms with E-state index in [9.17, 15) is 9.18 Å². The first-order valence-corrected chi connectivity index (χ1v) is 11.2. The zero-order chi connectivity index (χ0) is 24.1. The van der Waals surface area contributed by atoms with Gasteiger partial charge in [-0.2, -0.15) is 0 Å². The van der Waals surface area contributed by atoms with Crippen LogP contribution in [-0.4, -0.2) is 59.1 Å². The fourth-order valence-corrected chi connectivity index (χ4v) is 3.54. The van der Waals surface area contributed by atoms with Crippen molar-refractivity contribution in [3.05, 3.63) is 66.2 Å². The van der Waals surface area contributed by atoms with Crippen LogP contribution < -0.4 is 15.8 Å². The number of carbonyl (C=O) groups excluding carboxylic acids is 1. The van der Waals surface area contributed by atoms with Gasteiger partial charge in [-0.05, 0) is 62.8 Å². The maximum atomic E-state index is 14.7. The summed E-state index contributed by atoms with van der Waals surface area (Å²) in [5.41, 5.74) is 7.70. The molecule has 1 aliphatic carbocycles. The third-order valence-electron chi connectivity index (χ3n) is 5.49. The van der Waals surface area contributed by atoms with Crippen molar-refractivity contribution in [2.45, 2.75) is 25.4 Å². The molecule has 3 aromatic rings. The number of rotatable bonds is 9. The lowest BCUT2D eigenvalue weighted by Crippen LogP contribution is -2.36. The standard InChI is InChI=1S/C25H29FN6O2/c1-31(2)10-11-34-20-5-3-4-17(12-20)15-32(19-7-8-19)25(33)30-18-6-9-21(22(26)13-18)23-14-24(27)29-16-28-23/h3-6,9,12-14,16,19H,7-8,10-11,15H2,1-2H3,(H,30,33)(H2,27,28,29). The van der Waals surface area contributed by atoms with Gasteiger partial charge in [0.2, 0.25) is 0 Å². The summed E-state index contributed by atoms with van der Waals surface area (Å²) in [5.74, 6) is 0.531. The van der Waals surface area contributed by atoms with E-state index in [2.05, 4.69) is 20.2 Å². The molecule has 34 heavy (non-hydrogen) atoms. The second kappa shape index (κ2) is 10.5. The van der Waals surface area contributed by atoms with Gasteiger partial charge in [-0.15, -0.1) is 0 Å². The van der Waals surface area contributed by atoms with E-state index < -0.39 is 5.82 Å². The summed E-state index contributed by atoms with van der Waals surface area (Å²) in [6.45, 7) is 1.86. The lowest BCUT2D eigenvalue weighted by molar-refractivity contribution is 0.206. The molecule has 0 radical (unpaired) electrons. The molecule has 1 fully saturated rings. The molecule has 0 atom stereocenters. The number of nitrogens with two attached hydrogens (primary N) is 1. The van der Waals surface area contributed by atoms with E-state index in [1.54, 1.807) is 17.0 Å². The number of benzene rings is 2. The van der Waals surface area contributed by atoms with Crippen LogP contribution in [0.5, 0.6) is 5.75 Å². The number of ether oxygens (including phenoxy) is 1. The molecule has 178 valence electrons. The van der Waals surface area contributed by atoms with Crippen LogP contribution >= 0.6 is 0 Å². The summed E-state index contributed by atoms with van der Waals surface area (Å²) < 4.78 is 20.6. The molecule has 8 nitrogen and oxygen atoms in total. The molecule has 0 spiro atoms. The Hall–Kier alpha value is -3.72. The number of aromatic nitrogens is 2. The number of hydrogen-bond acceptors (Lipinski definition) is 6. The summed E-state index contributed by atoms with van der Waals surface area (Å²) in [7, 11) is 3.99. The predicted molar refractivity (Wildman–Crippen MR) is 130 cm³/mol. The molecule has 0 unspecified atom stereocenters. The van der Waals surface area contributed by atoms with Crippen molar-refractivity contribution in [1.29, 1.82) is 0 Å². The summed E-state index contributed by atoms with van der Waals surface area (Å²) in [5, 5.41) is 2.83. The minimum atomic E-state index is -0.503. The molecule has 3 N–H and O–H groups in total. The highest BCUT2D eigenvalue weighted by Gasteiger charge is 2.32. The first-order valence-electron chi connectivity index (χ1n) is 11.2. The molecule has 1 heterocycles. The van der Waals surface area contributed by atoms with E-state index >= 15 is 0 Å². The lowest BCUT2D eigenvalue weighted by atomic mass is 10.1. The normalized spacial score (nSPS) is 13.1. The monoisotopic (exact) mass is 464 g/mol. The quantitative estimate of drug-likeness (QED) is 0.497. The van der Waals surface area contributed by atoms with E-state index in [0.29, 0.717) is 24.5 Å². The molecule has 2 amide bonds. The highest BCUT2D eigenvalue weighted by Crippen LogP contribution is 2.30. The van der Waals surface area contributed by atoms with Gasteiger partial charge in [-0.25, -0.2) is 19.2 Å². The van der Waals surface area contributed by atoms with Crippen molar-refractivity contribution in [3.63, 3.8) is 0 Å². The SMILES string of the molecule is CN(C)CCOc1cccc(CN(C(=O)Nc2ccc(-c3cc(N)ncn3)c(F)c2)C2CC2)c1. The first-order chi connectivity index (χ1) is 16.4. The number of anilines is 2. The van der Waals surface area contributed by atoms with Crippen LogP contribution in [0.2, 0.25) is 0 Å². The highest BCUT2D eigenvalue weighted by molar-refractivity contribution is 5.90. The van der Waals surface area contributed by atoms with E-state index in [4.69, 9.17) is 10.5 Å². The molecule has 1 saturated carbocycles. The molecule has 0 bridgehead atoms. The number of nitrogens with zero attached hydrogens (tertiary/aromatic N) is 4. The molecule has 0 saturated heterocycles. The second-order valence-electron chi connectivity index (χ2n) is 8.61. The Labute approximate surface area is 198 Å². The predicted octanol–water partition coefficient (Wildman–Crippen LogP) is 4.00. The minimum Gasteiger partial charge on any atom is -0.492 e. The van der Waals surface area contributed by atoms with Gasteiger partial charge in [0.15, 0.2) is 0 Å². The molecular formula is C25H29FN6O2. The Bertz CT molecular complexity index is 1150. The fourth-order valence-electron chi connectivity index (χ4n) is 3.54. The average Bonchev–Trinajstić information content (AvgIpc) is 3.63. The van der Waals surface area contributed by atoms with E-state index in [-0.39, 0.29) is 23.5 Å². The van der Waals surface area contributed by atoms with Crippen molar-refractivity contribution in [2.75, 3.05) is 38.3 Å². The van der Waals surface area contributed by atoms with Gasteiger partial charge in [0, 0.05) is 36.4 Å². The summed E-state index contributed by atoms with van der Waals surface area (Å²) in [4.78, 5) is 24.8. The minimum absolute atomic E-state index is 0.173. The van der Waals surface area contributed by atoms with Crippen molar-refractivity contribution < 1.29 is 13.9 Å². The number of halogens is 1. The maximum absolute atomic E-state index is 14.7. The van der Waals surface area contributed by atoms with E-state index in [1.807, 2.05) is 38.4 Å². The van der Waals surface area contributed by atoms with Gasteiger partial charge in [0.25, 0.3) is 0 Å². The van der Waals surface area contributed by atoms with Gasteiger partial charge in [-0.3, -0.25) is 0 Å². The van der Waals surface area contributed by atoms with Crippen LogP contribution in [0.4, 0.5) is 20.7 Å². The van der Waals surface area contributed by atoms with Crippen molar-refractivity contribution >= 4 is 17.5 Å². The van der Waals surface area contributed by atoms with Crippen LogP contribution in [0.3, 0.4) is 0 Å². The van der Waals surface area contributed by atoms with E-state index in [0.717, 1.165) is 30.7 Å². The zero-order valence-electron chi connectivity index (χ0n) is 19.4. The molecule has 1 aliphatic rings. The van der Waals surface area contributed by atoms with Gasteiger partial charge in [-0.1, -0.05) is 12.1 Å². The second-order valence-corrected chi connectivity index (χ2v) is 8.61. The van der Waals surface area contributed by atoms with Crippen LogP contribution in [0.15, 0.2) is 54.9 Å². The lowest BCUT2D eigenvalue weighted by Gasteiger charge is -2.23. The molecule has 0 aliphatic heterocycles. The fraction of sp³-hybridized carbons (Fsp3) is 0.320. The number of hydrogen-bond donors (Lipinski definition) is 2. The summed E-state index contributed by atoms with van der Waals surface area (Å²) in [6.07, 6.45) is 3.19. The van der Waals surface area contributed by atoms with Gasteiger partial charge >= 0.3 is 6.03 Å². The first kappa shape index (κ1) is 23.4. The Balaban J connectivity index is 1.42. The van der Waals surface area contributed by atoms with Crippen LogP contribution in [0.1, 0.15) is 18.4 Å². The Kier molecular flexibility index (Phi) is 7.22. The van der Waals surface area contributed by atoms with Crippen molar-refractivity contribution in [2.24, 2.45) is 0 Å². The number of likely N-dealkylation sites (N-methyl/N-ethyl adjacent to an activating group) is 1. The van der Waals surface area contributed by atoms with Crippen molar-refractivity contribution in [1.82, 2.24) is 19.8 Å². The number of nitrogens with one attached hydrogen (secondary N) is 1. The Morgan fingerprint density at radius 1 is 1.18 bits per heavy atom. The summed E-state index contributed by atoms with van der Waals surface area (Å²) in [6, 6.07) is 13.7. The molecule has 1 aromatic heterocycles. The molecular weight excluding hydrogens is 435 g/mol. The highest BCUT2D eigenvalue weighted by atomic mass is 19.1. The van der Waals surface area contributed by atoms with Crippen LogP contribution in [-0.2, 0) is 6.54 Å². The Morgan fingerprint density at radius 2 is 2.00 bits per heavy atom. The van der Waals surface area contributed by atoms with E-state index in [1.165, 1.54) is 18.5 Å². The zero-order valence-corrected chi connectivity index (χ0v) is 19.4. The molecule has 2 aromatic carbocycles. The number of urea groups is 1. The third-order valence-corrected chi connectivity index (χ3v) is 5.49. The number of carbonyl (C=O) groups is 1. The average molecular weight is 465 g/mol. The van der Waals surface area contributed by atoms with Crippen molar-refractivity contribution in [3.8, 4) is 17.0 Å². The Morgan fingerprint density at radius 3 is 2.71 bits per heavy atom. The summed E-state index contributed by atoms with van der Waals surface area (Å²) >= 11 is 0. The molecule has 4 rings (SSSR count). The van der Waals surface area contributed by atoms with Gasteiger partial charge in [0.05, 0.1) is 5.69 Å². The topological polar surface area (TPSA) is 96.6 Å². The maximum Gasteiger partial charge on any atom is 0.322 e. The van der Waals surface area contributed by atoms with Gasteiger partial charge < -0.3 is 25.6 Å². The third kappa shape index (κ3) is 6.20. The molecule has 9 heteroatoms.